The molecule has 3 aromatic carbocycles. The van der Waals surface area contributed by atoms with Crippen molar-refractivity contribution in [2.24, 2.45) is 0 Å². The van der Waals surface area contributed by atoms with E-state index >= 15 is 0 Å². The summed E-state index contributed by atoms with van der Waals surface area (Å²) >= 11 is 0. The quantitative estimate of drug-likeness (QED) is 0.419. The molecule has 0 unspecified atom stereocenters. The summed E-state index contributed by atoms with van der Waals surface area (Å²) in [6.07, 6.45) is 0. The number of nitro benzene ring substituents is 1. The number of aromatic amines is 1. The van der Waals surface area contributed by atoms with E-state index in [0.717, 1.165) is 28.0 Å². The van der Waals surface area contributed by atoms with Crippen LogP contribution >= 0.6 is 0 Å². The zero-order chi connectivity index (χ0) is 17.9. The van der Waals surface area contributed by atoms with Gasteiger partial charge in [-0.1, -0.05) is 24.3 Å². The first kappa shape index (κ1) is 15.8. The van der Waals surface area contributed by atoms with Crippen LogP contribution in [0.1, 0.15) is 5.56 Å². The number of ether oxygens (including phenoxy) is 1. The number of rotatable bonds is 5. The van der Waals surface area contributed by atoms with E-state index in [2.05, 4.69) is 9.97 Å². The van der Waals surface area contributed by atoms with Crippen LogP contribution in [0.2, 0.25) is 0 Å². The van der Waals surface area contributed by atoms with Gasteiger partial charge in [0, 0.05) is 17.7 Å². The van der Waals surface area contributed by atoms with Crippen molar-refractivity contribution in [2.75, 3.05) is 0 Å². The van der Waals surface area contributed by atoms with Gasteiger partial charge in [-0.3, -0.25) is 10.1 Å². The van der Waals surface area contributed by atoms with Crippen LogP contribution in [0.3, 0.4) is 0 Å². The number of hydrogen-bond acceptors (Lipinski definition) is 4. The summed E-state index contributed by atoms with van der Waals surface area (Å²) < 4.78 is 5.82. The van der Waals surface area contributed by atoms with Gasteiger partial charge in [0.05, 0.1) is 16.0 Å². The topological polar surface area (TPSA) is 81.1 Å². The predicted molar refractivity (Wildman–Crippen MR) is 99.0 cm³/mol. The second-order valence-corrected chi connectivity index (χ2v) is 5.84. The standard InChI is InChI=1S/C20H15N3O3/c24-23(25)16-10-8-14(9-11-16)13-26-17-5-3-4-15(12-17)20-21-18-6-1-2-7-19(18)22-20/h1-12H,13H2,(H,21,22). The smallest absolute Gasteiger partial charge is 0.269 e. The van der Waals surface area contributed by atoms with E-state index in [9.17, 15) is 10.1 Å². The molecule has 0 saturated heterocycles. The molecule has 6 heteroatoms. The van der Waals surface area contributed by atoms with E-state index in [1.54, 1.807) is 12.1 Å². The second-order valence-electron chi connectivity index (χ2n) is 5.84. The van der Waals surface area contributed by atoms with Crippen LogP contribution in [0, 0.1) is 10.1 Å². The van der Waals surface area contributed by atoms with E-state index in [0.29, 0.717) is 12.4 Å². The molecule has 1 heterocycles. The van der Waals surface area contributed by atoms with Gasteiger partial charge in [0.1, 0.15) is 18.2 Å². The number of imidazole rings is 1. The Morgan fingerprint density at radius 3 is 2.58 bits per heavy atom. The van der Waals surface area contributed by atoms with Gasteiger partial charge in [0.15, 0.2) is 0 Å². The highest BCUT2D eigenvalue weighted by molar-refractivity contribution is 5.79. The molecule has 0 amide bonds. The van der Waals surface area contributed by atoms with Gasteiger partial charge in [-0.15, -0.1) is 0 Å². The van der Waals surface area contributed by atoms with E-state index in [4.69, 9.17) is 4.74 Å². The zero-order valence-electron chi connectivity index (χ0n) is 13.8. The minimum atomic E-state index is -0.415. The molecular formula is C20H15N3O3. The highest BCUT2D eigenvalue weighted by atomic mass is 16.6. The summed E-state index contributed by atoms with van der Waals surface area (Å²) in [4.78, 5) is 18.2. The number of nitrogens with zero attached hydrogens (tertiary/aromatic N) is 2. The molecule has 0 aliphatic rings. The van der Waals surface area contributed by atoms with Crippen LogP contribution in [-0.4, -0.2) is 14.9 Å². The lowest BCUT2D eigenvalue weighted by atomic mass is 10.2. The molecule has 128 valence electrons. The molecular weight excluding hydrogens is 330 g/mol. The van der Waals surface area contributed by atoms with E-state index in [-0.39, 0.29) is 5.69 Å². The summed E-state index contributed by atoms with van der Waals surface area (Å²) in [6.45, 7) is 0.335. The molecule has 0 spiro atoms. The molecule has 4 rings (SSSR count). The summed E-state index contributed by atoms with van der Waals surface area (Å²) in [7, 11) is 0. The number of para-hydroxylation sites is 2. The lowest BCUT2D eigenvalue weighted by Gasteiger charge is -2.07. The Kier molecular flexibility index (Phi) is 4.07. The highest BCUT2D eigenvalue weighted by Crippen LogP contribution is 2.24. The summed E-state index contributed by atoms with van der Waals surface area (Å²) in [5, 5.41) is 10.7. The molecule has 0 fully saturated rings. The molecule has 26 heavy (non-hydrogen) atoms. The number of non-ortho nitro benzene ring substituents is 1. The average Bonchev–Trinajstić information content (AvgIpc) is 3.11. The van der Waals surface area contributed by atoms with Gasteiger partial charge in [-0.2, -0.15) is 0 Å². The largest absolute Gasteiger partial charge is 0.489 e. The van der Waals surface area contributed by atoms with Crippen LogP contribution < -0.4 is 4.74 Å². The Morgan fingerprint density at radius 2 is 1.81 bits per heavy atom. The van der Waals surface area contributed by atoms with Crippen molar-refractivity contribution >= 4 is 16.7 Å². The molecule has 0 aliphatic carbocycles. The zero-order valence-corrected chi connectivity index (χ0v) is 13.8. The van der Waals surface area contributed by atoms with Gasteiger partial charge >= 0.3 is 0 Å². The van der Waals surface area contributed by atoms with Crippen molar-refractivity contribution in [1.82, 2.24) is 9.97 Å². The van der Waals surface area contributed by atoms with Crippen LogP contribution in [0.15, 0.2) is 72.8 Å². The monoisotopic (exact) mass is 345 g/mol. The third-order valence-electron chi connectivity index (χ3n) is 4.05. The van der Waals surface area contributed by atoms with E-state index < -0.39 is 4.92 Å². The molecule has 1 N–H and O–H groups in total. The number of nitrogens with one attached hydrogen (secondary N) is 1. The normalized spacial score (nSPS) is 10.8. The Morgan fingerprint density at radius 1 is 1.00 bits per heavy atom. The first-order chi connectivity index (χ1) is 12.7. The Bertz CT molecular complexity index is 1040. The van der Waals surface area contributed by atoms with Gasteiger partial charge in [0.2, 0.25) is 0 Å². The number of aromatic nitrogens is 2. The number of H-pyrrole nitrogens is 1. The summed E-state index contributed by atoms with van der Waals surface area (Å²) in [5.41, 5.74) is 3.77. The number of fused-ring (bicyclic) bond motifs is 1. The molecule has 0 bridgehead atoms. The molecule has 0 atom stereocenters. The van der Waals surface area contributed by atoms with Crippen molar-refractivity contribution in [3.05, 3.63) is 88.5 Å². The molecule has 6 nitrogen and oxygen atoms in total. The van der Waals surface area contributed by atoms with Crippen LogP contribution in [0.25, 0.3) is 22.4 Å². The van der Waals surface area contributed by atoms with E-state index in [1.807, 2.05) is 48.5 Å². The van der Waals surface area contributed by atoms with Crippen molar-refractivity contribution in [2.45, 2.75) is 6.61 Å². The number of benzene rings is 3. The van der Waals surface area contributed by atoms with Crippen molar-refractivity contribution < 1.29 is 9.66 Å². The third-order valence-corrected chi connectivity index (χ3v) is 4.05. The van der Waals surface area contributed by atoms with Gasteiger partial charge in [-0.05, 0) is 42.0 Å². The van der Waals surface area contributed by atoms with Crippen LogP contribution in [0.5, 0.6) is 5.75 Å². The van der Waals surface area contributed by atoms with Gasteiger partial charge in [0.25, 0.3) is 5.69 Å². The Hall–Kier alpha value is -3.67. The SMILES string of the molecule is O=[N+]([O-])c1ccc(COc2cccc(-c3nc4ccccc4[nH]3)c2)cc1. The number of nitro groups is 1. The minimum Gasteiger partial charge on any atom is -0.489 e. The fourth-order valence-electron chi connectivity index (χ4n) is 2.70. The highest BCUT2D eigenvalue weighted by Gasteiger charge is 2.07. The fraction of sp³-hybridized carbons (Fsp3) is 0.0500. The molecule has 0 saturated carbocycles. The van der Waals surface area contributed by atoms with Crippen LogP contribution in [-0.2, 0) is 6.61 Å². The van der Waals surface area contributed by atoms with E-state index in [1.165, 1.54) is 12.1 Å². The lowest BCUT2D eigenvalue weighted by molar-refractivity contribution is -0.384. The maximum absolute atomic E-state index is 10.7. The maximum Gasteiger partial charge on any atom is 0.269 e. The third kappa shape index (κ3) is 3.25. The second kappa shape index (κ2) is 6.68. The summed E-state index contributed by atoms with van der Waals surface area (Å²) in [5.74, 6) is 1.49. The molecule has 0 aliphatic heterocycles. The molecule has 1 aromatic heterocycles. The Labute approximate surface area is 149 Å². The Balaban J connectivity index is 1.51. The minimum absolute atomic E-state index is 0.0700. The first-order valence-corrected chi connectivity index (χ1v) is 8.10. The predicted octanol–water partition coefficient (Wildman–Crippen LogP) is 4.72. The maximum atomic E-state index is 10.7. The fourth-order valence-corrected chi connectivity index (χ4v) is 2.70. The van der Waals surface area contributed by atoms with Gasteiger partial charge < -0.3 is 9.72 Å². The van der Waals surface area contributed by atoms with Crippen molar-refractivity contribution in [3.63, 3.8) is 0 Å². The lowest BCUT2D eigenvalue weighted by Crippen LogP contribution is -1.96. The average molecular weight is 345 g/mol. The van der Waals surface area contributed by atoms with Crippen molar-refractivity contribution in [1.29, 1.82) is 0 Å². The van der Waals surface area contributed by atoms with Crippen molar-refractivity contribution in [3.8, 4) is 17.1 Å². The number of hydrogen-bond donors (Lipinski definition) is 1. The van der Waals surface area contributed by atoms with Crippen LogP contribution in [0.4, 0.5) is 5.69 Å². The summed E-state index contributed by atoms with van der Waals surface area (Å²) in [6, 6.07) is 21.9. The van der Waals surface area contributed by atoms with Gasteiger partial charge in [-0.25, -0.2) is 4.98 Å². The first-order valence-electron chi connectivity index (χ1n) is 8.10. The molecule has 0 radical (unpaired) electrons. The molecule has 4 aromatic rings.